The van der Waals surface area contributed by atoms with E-state index in [0.717, 1.165) is 25.2 Å². The normalized spacial score (nSPS) is 18.8. The monoisotopic (exact) mass is 500 g/mol. The van der Waals surface area contributed by atoms with Crippen LogP contribution in [0.1, 0.15) is 33.2 Å². The van der Waals surface area contributed by atoms with Crippen LogP contribution >= 0.6 is 11.6 Å². The van der Waals surface area contributed by atoms with Gasteiger partial charge in [0.2, 0.25) is 11.2 Å². The van der Waals surface area contributed by atoms with E-state index in [1.807, 2.05) is 49.6 Å². The van der Waals surface area contributed by atoms with Crippen molar-refractivity contribution in [2.45, 2.75) is 38.8 Å². The fourth-order valence-electron chi connectivity index (χ4n) is 4.29. The summed E-state index contributed by atoms with van der Waals surface area (Å²) in [6.45, 7) is 9.63. The predicted molar refractivity (Wildman–Crippen MR) is 131 cm³/mol. The number of amides is 1. The summed E-state index contributed by atoms with van der Waals surface area (Å²) < 4.78 is 19.2. The van der Waals surface area contributed by atoms with Gasteiger partial charge in [0.05, 0.1) is 19.0 Å². The Hall–Kier alpha value is -3.11. The van der Waals surface area contributed by atoms with Gasteiger partial charge in [0.1, 0.15) is 11.4 Å². The second-order valence-electron chi connectivity index (χ2n) is 9.69. The second kappa shape index (κ2) is 9.50. The number of piperazine rings is 1. The zero-order chi connectivity index (χ0) is 24.6. The van der Waals surface area contributed by atoms with Crippen LogP contribution in [0.15, 0.2) is 30.6 Å². The molecule has 1 unspecified atom stereocenters. The Morgan fingerprint density at radius 3 is 2.51 bits per heavy atom. The lowest BCUT2D eigenvalue weighted by molar-refractivity contribution is 0.0240. The van der Waals surface area contributed by atoms with Crippen molar-refractivity contribution in [3.05, 3.63) is 35.9 Å². The molecule has 4 heterocycles. The van der Waals surface area contributed by atoms with E-state index in [1.165, 1.54) is 0 Å². The Bertz CT molecular complexity index is 1200. The van der Waals surface area contributed by atoms with Crippen molar-refractivity contribution >= 4 is 34.5 Å². The standard InChI is InChI=1S/C24H29ClN6O4/c1-24(2,3)35-23(32)30-11-9-29(10-12-30)16-4-6-18(7-5-16)34-21-19-20(27-22(25)28-21)26-15-31(19)17-8-13-33-14-17/h4-7,15,17H,8-14H2,1-3H3. The Morgan fingerprint density at radius 2 is 1.86 bits per heavy atom. The Kier molecular flexibility index (Phi) is 6.41. The summed E-state index contributed by atoms with van der Waals surface area (Å²) in [6.07, 6.45) is 2.37. The van der Waals surface area contributed by atoms with Crippen molar-refractivity contribution in [1.29, 1.82) is 0 Å². The lowest BCUT2D eigenvalue weighted by atomic mass is 10.2. The zero-order valence-electron chi connectivity index (χ0n) is 20.1. The maximum absolute atomic E-state index is 12.3. The molecule has 0 aliphatic carbocycles. The smallest absolute Gasteiger partial charge is 0.410 e. The second-order valence-corrected chi connectivity index (χ2v) is 10.0. The van der Waals surface area contributed by atoms with Gasteiger partial charge in [0.25, 0.3) is 0 Å². The predicted octanol–water partition coefficient (Wildman–Crippen LogP) is 4.29. The fraction of sp³-hybridized carbons (Fsp3) is 0.500. The van der Waals surface area contributed by atoms with Crippen molar-refractivity contribution < 1.29 is 19.0 Å². The van der Waals surface area contributed by atoms with Crippen LogP contribution in [-0.2, 0) is 9.47 Å². The summed E-state index contributed by atoms with van der Waals surface area (Å²) >= 11 is 6.14. The third kappa shape index (κ3) is 5.28. The summed E-state index contributed by atoms with van der Waals surface area (Å²) in [5, 5.41) is 0.0832. The van der Waals surface area contributed by atoms with Gasteiger partial charge in [-0.15, -0.1) is 0 Å². The van der Waals surface area contributed by atoms with Crippen molar-refractivity contribution in [3.63, 3.8) is 0 Å². The number of hydrogen-bond acceptors (Lipinski definition) is 8. The maximum atomic E-state index is 12.3. The van der Waals surface area contributed by atoms with Gasteiger partial charge in [-0.05, 0) is 63.1 Å². The van der Waals surface area contributed by atoms with Crippen LogP contribution in [0, 0.1) is 0 Å². The molecule has 5 rings (SSSR count). The van der Waals surface area contributed by atoms with Gasteiger partial charge in [0.15, 0.2) is 11.2 Å². The first-order chi connectivity index (χ1) is 16.8. The molecule has 10 nitrogen and oxygen atoms in total. The topological polar surface area (TPSA) is 94.8 Å². The van der Waals surface area contributed by atoms with E-state index in [-0.39, 0.29) is 17.4 Å². The van der Waals surface area contributed by atoms with Crippen molar-refractivity contribution in [3.8, 4) is 11.6 Å². The molecule has 1 atom stereocenters. The molecule has 2 aliphatic heterocycles. The molecule has 11 heteroatoms. The highest BCUT2D eigenvalue weighted by atomic mass is 35.5. The number of benzene rings is 1. The molecule has 3 aromatic rings. The quantitative estimate of drug-likeness (QED) is 0.489. The van der Waals surface area contributed by atoms with Crippen LogP contribution in [0.2, 0.25) is 5.28 Å². The van der Waals surface area contributed by atoms with Gasteiger partial charge in [-0.25, -0.2) is 9.78 Å². The van der Waals surface area contributed by atoms with E-state index in [1.54, 1.807) is 11.2 Å². The lowest BCUT2D eigenvalue weighted by Gasteiger charge is -2.36. The molecule has 0 spiro atoms. The Morgan fingerprint density at radius 1 is 1.11 bits per heavy atom. The highest BCUT2D eigenvalue weighted by molar-refractivity contribution is 6.28. The Balaban J connectivity index is 1.27. The average Bonchev–Trinajstić information content (AvgIpc) is 3.48. The van der Waals surface area contributed by atoms with Gasteiger partial charge in [-0.3, -0.25) is 0 Å². The van der Waals surface area contributed by atoms with Crippen LogP contribution in [0.3, 0.4) is 0 Å². The minimum absolute atomic E-state index is 0.0832. The minimum atomic E-state index is -0.494. The number of fused-ring (bicyclic) bond motifs is 1. The van der Waals surface area contributed by atoms with Crippen LogP contribution in [-0.4, -0.2) is 75.5 Å². The first-order valence-electron chi connectivity index (χ1n) is 11.8. The third-order valence-electron chi connectivity index (χ3n) is 6.02. The van der Waals surface area contributed by atoms with Crippen LogP contribution in [0.25, 0.3) is 11.2 Å². The molecule has 0 saturated carbocycles. The number of ether oxygens (including phenoxy) is 3. The highest BCUT2D eigenvalue weighted by Crippen LogP contribution is 2.33. The van der Waals surface area contributed by atoms with Crippen LogP contribution in [0.5, 0.6) is 11.6 Å². The number of carbonyl (C=O) groups is 1. The Labute approximate surface area is 208 Å². The molecule has 0 bridgehead atoms. The van der Waals surface area contributed by atoms with Gasteiger partial charge < -0.3 is 28.6 Å². The number of aromatic nitrogens is 4. The molecule has 2 fully saturated rings. The summed E-state index contributed by atoms with van der Waals surface area (Å²) in [7, 11) is 0. The molecule has 0 N–H and O–H groups in total. The maximum Gasteiger partial charge on any atom is 0.410 e. The van der Waals surface area contributed by atoms with Crippen LogP contribution < -0.4 is 9.64 Å². The van der Waals surface area contributed by atoms with Gasteiger partial charge in [-0.2, -0.15) is 9.97 Å². The summed E-state index contributed by atoms with van der Waals surface area (Å²) in [5.41, 5.74) is 1.75. The number of imidazole rings is 1. The van der Waals surface area contributed by atoms with Crippen LogP contribution in [0.4, 0.5) is 10.5 Å². The summed E-state index contributed by atoms with van der Waals surface area (Å²) in [5.74, 6) is 0.996. The van der Waals surface area contributed by atoms with E-state index < -0.39 is 5.60 Å². The third-order valence-corrected chi connectivity index (χ3v) is 6.18. The molecule has 186 valence electrons. The SMILES string of the molecule is CC(C)(C)OC(=O)N1CCN(c2ccc(Oc3nc(Cl)nc4ncn(C5CCOC5)c34)cc2)CC1. The largest absolute Gasteiger partial charge is 0.444 e. The first-order valence-corrected chi connectivity index (χ1v) is 12.1. The van der Waals surface area contributed by atoms with Gasteiger partial charge in [0, 0.05) is 38.5 Å². The number of carbonyl (C=O) groups excluding carboxylic acids is 1. The fourth-order valence-corrected chi connectivity index (χ4v) is 4.44. The molecule has 0 radical (unpaired) electrons. The lowest BCUT2D eigenvalue weighted by Crippen LogP contribution is -2.50. The molecule has 2 aliphatic rings. The molecular formula is C24H29ClN6O4. The average molecular weight is 501 g/mol. The number of halogens is 1. The van der Waals surface area contributed by atoms with Crippen molar-refractivity contribution in [2.24, 2.45) is 0 Å². The molecule has 2 aromatic heterocycles. The van der Waals surface area contributed by atoms with E-state index in [2.05, 4.69) is 19.9 Å². The van der Waals surface area contributed by atoms with Crippen molar-refractivity contribution in [1.82, 2.24) is 24.4 Å². The zero-order valence-corrected chi connectivity index (χ0v) is 20.9. The number of hydrogen-bond donors (Lipinski definition) is 0. The van der Waals surface area contributed by atoms with E-state index in [0.29, 0.717) is 49.1 Å². The number of rotatable bonds is 4. The number of nitrogens with zero attached hydrogens (tertiary/aromatic N) is 6. The molecule has 1 amide bonds. The van der Waals surface area contributed by atoms with E-state index in [9.17, 15) is 4.79 Å². The van der Waals surface area contributed by atoms with Gasteiger partial charge >= 0.3 is 6.09 Å². The molecular weight excluding hydrogens is 472 g/mol. The van der Waals surface area contributed by atoms with Crippen molar-refractivity contribution in [2.75, 3.05) is 44.3 Å². The highest BCUT2D eigenvalue weighted by Gasteiger charge is 2.26. The summed E-state index contributed by atoms with van der Waals surface area (Å²) in [4.78, 5) is 29.3. The van der Waals surface area contributed by atoms with E-state index >= 15 is 0 Å². The number of anilines is 1. The van der Waals surface area contributed by atoms with E-state index in [4.69, 9.17) is 25.8 Å². The summed E-state index contributed by atoms with van der Waals surface area (Å²) in [6, 6.07) is 7.96. The first kappa shape index (κ1) is 23.6. The molecule has 2 saturated heterocycles. The molecule has 35 heavy (non-hydrogen) atoms. The molecule has 1 aromatic carbocycles. The van der Waals surface area contributed by atoms with Gasteiger partial charge in [-0.1, -0.05) is 0 Å². The minimum Gasteiger partial charge on any atom is -0.444 e.